The minimum Gasteiger partial charge on any atom is -0.465 e. The van der Waals surface area contributed by atoms with E-state index < -0.39 is 23.2 Å². The molecule has 0 unspecified atom stereocenters. The number of amides is 1. The van der Waals surface area contributed by atoms with E-state index in [9.17, 15) is 18.4 Å². The minimum atomic E-state index is -1.02. The number of hydrogen-bond acceptors (Lipinski definition) is 5. The Kier molecular flexibility index (Phi) is 6.25. The number of ether oxygens (including phenoxy) is 1. The van der Waals surface area contributed by atoms with Gasteiger partial charge in [0.25, 0.3) is 0 Å². The third kappa shape index (κ3) is 4.76. The number of hydrogen-bond donors (Lipinski definition) is 2. The molecule has 1 heterocycles. The van der Waals surface area contributed by atoms with Crippen molar-refractivity contribution in [1.29, 1.82) is 0 Å². The number of benzene rings is 1. The lowest BCUT2D eigenvalue weighted by molar-refractivity contribution is -0.119. The highest BCUT2D eigenvalue weighted by atomic mass is 32.1. The first kappa shape index (κ1) is 17.9. The van der Waals surface area contributed by atoms with Crippen molar-refractivity contribution in [3.05, 3.63) is 51.7 Å². The van der Waals surface area contributed by atoms with E-state index in [1.54, 1.807) is 11.3 Å². The van der Waals surface area contributed by atoms with E-state index in [2.05, 4.69) is 15.4 Å². The summed E-state index contributed by atoms with van der Waals surface area (Å²) in [5.41, 5.74) is -0.551. The van der Waals surface area contributed by atoms with Gasteiger partial charge in [-0.3, -0.25) is 4.79 Å². The van der Waals surface area contributed by atoms with Crippen molar-refractivity contribution in [2.24, 2.45) is 0 Å². The first-order valence-corrected chi connectivity index (χ1v) is 7.99. The van der Waals surface area contributed by atoms with E-state index in [-0.39, 0.29) is 18.1 Å². The van der Waals surface area contributed by atoms with Crippen molar-refractivity contribution >= 4 is 28.9 Å². The van der Waals surface area contributed by atoms with Gasteiger partial charge in [0.1, 0.15) is 11.6 Å². The van der Waals surface area contributed by atoms with Crippen LogP contribution in [0.25, 0.3) is 0 Å². The Hall–Kier alpha value is -2.48. The molecule has 0 saturated heterocycles. The van der Waals surface area contributed by atoms with Crippen LogP contribution < -0.4 is 10.6 Å². The third-order valence-corrected chi connectivity index (χ3v) is 4.11. The molecule has 0 saturated carbocycles. The zero-order valence-electron chi connectivity index (χ0n) is 12.9. The van der Waals surface area contributed by atoms with Crippen molar-refractivity contribution < 1.29 is 23.1 Å². The zero-order chi connectivity index (χ0) is 17.5. The molecule has 0 aliphatic carbocycles. The maximum absolute atomic E-state index is 13.7. The molecule has 0 bridgehead atoms. The summed E-state index contributed by atoms with van der Waals surface area (Å²) < 4.78 is 31.6. The molecule has 1 amide bonds. The number of halogens is 2. The van der Waals surface area contributed by atoms with Gasteiger partial charge in [-0.25, -0.2) is 13.6 Å². The Morgan fingerprint density at radius 2 is 2.04 bits per heavy atom. The molecule has 24 heavy (non-hydrogen) atoms. The molecule has 128 valence electrons. The van der Waals surface area contributed by atoms with E-state index in [1.165, 1.54) is 0 Å². The van der Waals surface area contributed by atoms with Gasteiger partial charge in [-0.1, -0.05) is 6.07 Å². The average Bonchev–Trinajstić information content (AvgIpc) is 3.06. The van der Waals surface area contributed by atoms with Crippen molar-refractivity contribution in [3.63, 3.8) is 0 Å². The summed E-state index contributed by atoms with van der Waals surface area (Å²) >= 11 is 1.60. The number of nitrogens with one attached hydrogen (secondary N) is 2. The van der Waals surface area contributed by atoms with Gasteiger partial charge in [-0.05, 0) is 23.9 Å². The van der Waals surface area contributed by atoms with E-state index >= 15 is 0 Å². The van der Waals surface area contributed by atoms with Crippen LogP contribution in [0.4, 0.5) is 14.5 Å². The van der Waals surface area contributed by atoms with E-state index in [0.29, 0.717) is 19.0 Å². The largest absolute Gasteiger partial charge is 0.465 e. The summed E-state index contributed by atoms with van der Waals surface area (Å²) in [6, 6.07) is 5.45. The summed E-state index contributed by atoms with van der Waals surface area (Å²) in [4.78, 5) is 24.3. The molecule has 1 aromatic carbocycles. The molecule has 0 aliphatic rings. The maximum Gasteiger partial charge on any atom is 0.340 e. The number of carbonyl (C=O) groups is 2. The predicted octanol–water partition coefficient (Wildman–Crippen LogP) is 2.58. The first-order valence-electron chi connectivity index (χ1n) is 7.11. The van der Waals surface area contributed by atoms with Gasteiger partial charge < -0.3 is 15.4 Å². The summed E-state index contributed by atoms with van der Waals surface area (Å²) in [5.74, 6) is -3.18. The molecule has 0 atom stereocenters. The second-order valence-corrected chi connectivity index (χ2v) is 5.87. The molecule has 8 heteroatoms. The van der Waals surface area contributed by atoms with Gasteiger partial charge in [0.2, 0.25) is 5.91 Å². The smallest absolute Gasteiger partial charge is 0.340 e. The normalized spacial score (nSPS) is 10.3. The van der Waals surface area contributed by atoms with Crippen LogP contribution in [-0.4, -0.2) is 32.1 Å². The lowest BCUT2D eigenvalue weighted by Crippen LogP contribution is -2.31. The molecule has 1 aromatic heterocycles. The van der Waals surface area contributed by atoms with Crippen molar-refractivity contribution in [2.45, 2.75) is 6.42 Å². The Labute approximate surface area is 141 Å². The second kappa shape index (κ2) is 8.39. The molecule has 0 aliphatic heterocycles. The lowest BCUT2D eigenvalue weighted by Gasteiger charge is -2.10. The molecule has 5 nitrogen and oxygen atoms in total. The highest BCUT2D eigenvalue weighted by Gasteiger charge is 2.16. The van der Waals surface area contributed by atoms with Crippen LogP contribution in [0, 0.1) is 11.6 Å². The molecule has 0 fully saturated rings. The van der Waals surface area contributed by atoms with E-state index in [4.69, 9.17) is 0 Å². The van der Waals surface area contributed by atoms with Gasteiger partial charge in [-0.2, -0.15) is 0 Å². The Bertz CT molecular complexity index is 720. The fourth-order valence-corrected chi connectivity index (χ4v) is 2.68. The van der Waals surface area contributed by atoms with Crippen molar-refractivity contribution in [2.75, 3.05) is 25.5 Å². The Morgan fingerprint density at radius 1 is 1.25 bits per heavy atom. The highest BCUT2D eigenvalue weighted by molar-refractivity contribution is 7.09. The van der Waals surface area contributed by atoms with Gasteiger partial charge in [0.15, 0.2) is 0 Å². The Morgan fingerprint density at radius 3 is 2.71 bits per heavy atom. The number of esters is 1. The number of rotatable bonds is 7. The number of carbonyl (C=O) groups excluding carboxylic acids is 2. The summed E-state index contributed by atoms with van der Waals surface area (Å²) in [5, 5.41) is 7.19. The zero-order valence-corrected chi connectivity index (χ0v) is 13.7. The average molecular weight is 354 g/mol. The molecular weight excluding hydrogens is 338 g/mol. The fourth-order valence-electron chi connectivity index (χ4n) is 1.97. The summed E-state index contributed by atoms with van der Waals surface area (Å²) in [7, 11) is 1.10. The highest BCUT2D eigenvalue weighted by Crippen LogP contribution is 2.20. The van der Waals surface area contributed by atoms with Crippen LogP contribution in [0.3, 0.4) is 0 Å². The van der Waals surface area contributed by atoms with E-state index in [1.807, 2.05) is 17.5 Å². The Balaban J connectivity index is 1.88. The lowest BCUT2D eigenvalue weighted by atomic mass is 10.1. The van der Waals surface area contributed by atoms with Gasteiger partial charge in [-0.15, -0.1) is 11.3 Å². The molecular formula is C16H16F2N2O3S. The molecule has 2 aromatic rings. The quantitative estimate of drug-likeness (QED) is 0.750. The second-order valence-electron chi connectivity index (χ2n) is 4.84. The van der Waals surface area contributed by atoms with Gasteiger partial charge >= 0.3 is 5.97 Å². The molecule has 2 rings (SSSR count). The van der Waals surface area contributed by atoms with Crippen molar-refractivity contribution in [3.8, 4) is 0 Å². The number of anilines is 1. The van der Waals surface area contributed by atoms with Crippen molar-refractivity contribution in [1.82, 2.24) is 5.32 Å². The number of methoxy groups -OCH3 is 1. The fraction of sp³-hybridized carbons (Fsp3) is 0.250. The van der Waals surface area contributed by atoms with Crippen LogP contribution in [0.2, 0.25) is 0 Å². The number of thiophene rings is 1. The third-order valence-electron chi connectivity index (χ3n) is 3.18. The van der Waals surface area contributed by atoms with Gasteiger partial charge in [0, 0.05) is 17.5 Å². The summed E-state index contributed by atoms with van der Waals surface area (Å²) in [6.45, 7) is 0.258. The SMILES string of the molecule is COC(=O)c1cc(NCC(=O)NCCc2cccs2)c(F)cc1F. The molecule has 0 radical (unpaired) electrons. The standard InChI is InChI=1S/C16H16F2N2O3S/c1-23-16(22)11-7-14(13(18)8-12(11)17)20-9-15(21)19-5-4-10-3-2-6-24-10/h2-3,6-8,20H,4-5,9H2,1H3,(H,19,21). The minimum absolute atomic E-state index is 0.148. The first-order chi connectivity index (χ1) is 11.5. The summed E-state index contributed by atoms with van der Waals surface area (Å²) in [6.07, 6.45) is 0.709. The van der Waals surface area contributed by atoms with Crippen LogP contribution in [0.15, 0.2) is 29.6 Å². The topological polar surface area (TPSA) is 67.4 Å². The van der Waals surface area contributed by atoms with Crippen LogP contribution in [0.5, 0.6) is 0 Å². The van der Waals surface area contributed by atoms with E-state index in [0.717, 1.165) is 18.1 Å². The van der Waals surface area contributed by atoms with Crippen LogP contribution >= 0.6 is 11.3 Å². The monoisotopic (exact) mass is 354 g/mol. The van der Waals surface area contributed by atoms with Crippen LogP contribution in [-0.2, 0) is 16.0 Å². The molecule has 0 spiro atoms. The van der Waals surface area contributed by atoms with Gasteiger partial charge in [0.05, 0.1) is 24.9 Å². The molecule has 2 N–H and O–H groups in total. The maximum atomic E-state index is 13.7. The predicted molar refractivity (Wildman–Crippen MR) is 87.2 cm³/mol. The van der Waals surface area contributed by atoms with Crippen LogP contribution in [0.1, 0.15) is 15.2 Å².